The fourth-order valence-electron chi connectivity index (χ4n) is 4.27. The first kappa shape index (κ1) is 23.4. The van der Waals surface area contributed by atoms with E-state index in [0.29, 0.717) is 33.6 Å². The molecule has 5 nitrogen and oxygen atoms in total. The Morgan fingerprint density at radius 2 is 2.00 bits per heavy atom. The van der Waals surface area contributed by atoms with Crippen molar-refractivity contribution in [2.24, 2.45) is 0 Å². The van der Waals surface area contributed by atoms with Crippen molar-refractivity contribution < 1.29 is 9.18 Å². The zero-order valence-corrected chi connectivity index (χ0v) is 21.3. The summed E-state index contributed by atoms with van der Waals surface area (Å²) in [5.74, 6) is -0.292. The summed E-state index contributed by atoms with van der Waals surface area (Å²) in [5, 5.41) is 3.02. The van der Waals surface area contributed by atoms with Crippen molar-refractivity contribution >= 4 is 33.1 Å². The highest BCUT2D eigenvalue weighted by molar-refractivity contribution is 9.10. The molecule has 1 aliphatic rings. The summed E-state index contributed by atoms with van der Waals surface area (Å²) < 4.78 is 17.0. The Hall–Kier alpha value is -3.32. The molecule has 1 N–H and O–H groups in total. The first-order chi connectivity index (χ1) is 16.9. The number of carbonyl (C=O) groups is 1. The minimum Gasteiger partial charge on any atom is -0.350 e. The van der Waals surface area contributed by atoms with Crippen LogP contribution in [-0.4, -0.2) is 26.8 Å². The zero-order valence-electron chi connectivity index (χ0n) is 19.7. The Morgan fingerprint density at radius 3 is 2.74 bits per heavy atom. The zero-order chi connectivity index (χ0) is 24.5. The number of aromatic nitrogens is 3. The van der Waals surface area contributed by atoms with Crippen LogP contribution in [-0.2, 0) is 6.42 Å². The van der Waals surface area contributed by atoms with Crippen molar-refractivity contribution in [3.05, 3.63) is 93.7 Å². The van der Waals surface area contributed by atoms with Crippen molar-refractivity contribution in [2.45, 2.75) is 39.0 Å². The fraction of sp³-hybridized carbons (Fsp3) is 0.250. The third-order valence-corrected chi connectivity index (χ3v) is 6.92. The molecule has 0 aliphatic heterocycles. The van der Waals surface area contributed by atoms with Gasteiger partial charge in [0.2, 0.25) is 0 Å². The number of benzene rings is 2. The highest BCUT2D eigenvalue weighted by Crippen LogP contribution is 2.41. The molecular formula is C28H26BrFN4O. The van der Waals surface area contributed by atoms with Gasteiger partial charge in [0.25, 0.3) is 5.91 Å². The van der Waals surface area contributed by atoms with Crippen LogP contribution in [0.3, 0.4) is 0 Å². The second-order valence-electron chi connectivity index (χ2n) is 8.90. The normalized spacial score (nSPS) is 13.9. The monoisotopic (exact) mass is 532 g/mol. The third-order valence-electron chi connectivity index (χ3n) is 6.42. The number of fused-ring (bicyclic) bond motifs is 1. The second kappa shape index (κ2) is 9.74. The highest BCUT2D eigenvalue weighted by atomic mass is 79.9. The topological polar surface area (TPSA) is 59.3 Å². The van der Waals surface area contributed by atoms with Crippen LogP contribution in [0.25, 0.3) is 22.5 Å². The summed E-state index contributed by atoms with van der Waals surface area (Å²) in [6, 6.07) is 13.2. The van der Waals surface area contributed by atoms with Crippen LogP contribution in [0.5, 0.6) is 0 Å². The van der Waals surface area contributed by atoms with E-state index in [1.54, 1.807) is 28.9 Å². The standard InChI is InChI=1S/C28H26BrFN4O/c1-3-17(2)21-7-5-4-6-18(21)12-13-31-28(35)25-16-34-15-24(22-11-10-20(29)14-23(22)30)33-27(34)26(32-25)19-8-9-19/h3-7,10-11,14-16,19H,8-9,12-13H2,1-2H3,(H,31,35)/b17-3-. The predicted molar refractivity (Wildman–Crippen MR) is 140 cm³/mol. The predicted octanol–water partition coefficient (Wildman–Crippen LogP) is 6.57. The summed E-state index contributed by atoms with van der Waals surface area (Å²) in [5.41, 5.74) is 6.37. The van der Waals surface area contributed by atoms with Gasteiger partial charge >= 0.3 is 0 Å². The van der Waals surface area contributed by atoms with Crippen LogP contribution >= 0.6 is 15.9 Å². The SMILES string of the molecule is C/C=C(/C)c1ccccc1CCNC(=O)c1cn2cc(-c3ccc(Br)cc3F)nc2c(C2CC2)n1. The van der Waals surface area contributed by atoms with Crippen LogP contribution in [0.4, 0.5) is 4.39 Å². The van der Waals surface area contributed by atoms with Gasteiger partial charge in [0.1, 0.15) is 11.5 Å². The number of allylic oxidation sites excluding steroid dienone is 2. The van der Waals surface area contributed by atoms with Crippen LogP contribution in [0, 0.1) is 5.82 Å². The van der Waals surface area contributed by atoms with Crippen molar-refractivity contribution in [3.63, 3.8) is 0 Å². The van der Waals surface area contributed by atoms with E-state index in [2.05, 4.69) is 56.3 Å². The van der Waals surface area contributed by atoms with E-state index in [-0.39, 0.29) is 17.6 Å². The minimum atomic E-state index is -0.352. The van der Waals surface area contributed by atoms with Crippen LogP contribution in [0.2, 0.25) is 0 Å². The summed E-state index contributed by atoms with van der Waals surface area (Å²) in [6.07, 6.45) is 8.30. The summed E-state index contributed by atoms with van der Waals surface area (Å²) in [4.78, 5) is 22.4. The molecule has 0 unspecified atom stereocenters. The van der Waals surface area contributed by atoms with Gasteiger partial charge < -0.3 is 9.72 Å². The van der Waals surface area contributed by atoms with Crippen molar-refractivity contribution in [1.29, 1.82) is 0 Å². The Balaban J connectivity index is 1.39. The Bertz CT molecular complexity index is 1450. The number of nitrogens with one attached hydrogen (secondary N) is 1. The van der Waals surface area contributed by atoms with E-state index >= 15 is 0 Å². The molecule has 4 aromatic rings. The molecule has 0 spiro atoms. The first-order valence-electron chi connectivity index (χ1n) is 11.8. The summed E-state index contributed by atoms with van der Waals surface area (Å²) in [7, 11) is 0. The molecule has 35 heavy (non-hydrogen) atoms. The molecule has 1 fully saturated rings. The average molecular weight is 533 g/mol. The van der Waals surface area contributed by atoms with Crippen molar-refractivity contribution in [3.8, 4) is 11.3 Å². The van der Waals surface area contributed by atoms with Gasteiger partial charge in [-0.05, 0) is 68.0 Å². The Morgan fingerprint density at radius 1 is 1.20 bits per heavy atom. The first-order valence-corrected chi connectivity index (χ1v) is 12.6. The average Bonchev–Trinajstić information content (AvgIpc) is 3.61. The van der Waals surface area contributed by atoms with Gasteiger partial charge in [-0.3, -0.25) is 4.79 Å². The number of hydrogen-bond acceptors (Lipinski definition) is 3. The van der Waals surface area contributed by atoms with Crippen LogP contribution in [0.15, 0.2) is 65.4 Å². The third kappa shape index (κ3) is 4.91. The lowest BCUT2D eigenvalue weighted by Gasteiger charge is -2.11. The van der Waals surface area contributed by atoms with E-state index in [0.717, 1.165) is 25.0 Å². The molecule has 0 atom stereocenters. The molecule has 2 aromatic heterocycles. The lowest BCUT2D eigenvalue weighted by atomic mass is 9.98. The molecule has 7 heteroatoms. The molecule has 178 valence electrons. The number of rotatable bonds is 7. The lowest BCUT2D eigenvalue weighted by molar-refractivity contribution is 0.0948. The Kier molecular flexibility index (Phi) is 6.52. The van der Waals surface area contributed by atoms with E-state index < -0.39 is 0 Å². The van der Waals surface area contributed by atoms with Gasteiger partial charge in [-0.2, -0.15) is 0 Å². The highest BCUT2D eigenvalue weighted by Gasteiger charge is 2.30. The van der Waals surface area contributed by atoms with Gasteiger partial charge in [0.05, 0.1) is 11.4 Å². The van der Waals surface area contributed by atoms with Crippen LogP contribution in [0.1, 0.15) is 59.9 Å². The molecule has 1 amide bonds. The molecule has 0 radical (unpaired) electrons. The van der Waals surface area contributed by atoms with Gasteiger partial charge in [-0.15, -0.1) is 0 Å². The van der Waals surface area contributed by atoms with Crippen molar-refractivity contribution in [2.75, 3.05) is 6.54 Å². The quantitative estimate of drug-likeness (QED) is 0.292. The van der Waals surface area contributed by atoms with Gasteiger partial charge in [0, 0.05) is 34.9 Å². The molecule has 2 heterocycles. The summed E-state index contributed by atoms with van der Waals surface area (Å²) in [6.45, 7) is 4.62. The molecule has 2 aromatic carbocycles. The van der Waals surface area contributed by atoms with E-state index in [4.69, 9.17) is 0 Å². The second-order valence-corrected chi connectivity index (χ2v) is 9.82. The van der Waals surface area contributed by atoms with Gasteiger partial charge in [0.15, 0.2) is 5.65 Å². The maximum Gasteiger partial charge on any atom is 0.271 e. The lowest BCUT2D eigenvalue weighted by Crippen LogP contribution is -2.27. The smallest absolute Gasteiger partial charge is 0.271 e. The largest absolute Gasteiger partial charge is 0.350 e. The Labute approximate surface area is 212 Å². The van der Waals surface area contributed by atoms with Crippen LogP contribution < -0.4 is 5.32 Å². The molecule has 1 saturated carbocycles. The minimum absolute atomic E-state index is 0.223. The number of hydrogen-bond donors (Lipinski definition) is 1. The number of carbonyl (C=O) groups excluding carboxylic acids is 1. The van der Waals surface area contributed by atoms with E-state index in [1.165, 1.54) is 22.8 Å². The number of halogens is 2. The maximum absolute atomic E-state index is 14.6. The molecule has 0 saturated heterocycles. The van der Waals surface area contributed by atoms with E-state index in [9.17, 15) is 9.18 Å². The van der Waals surface area contributed by atoms with Gasteiger partial charge in [-0.1, -0.05) is 46.3 Å². The van der Waals surface area contributed by atoms with Crippen molar-refractivity contribution in [1.82, 2.24) is 19.7 Å². The number of imidazole rings is 1. The van der Waals surface area contributed by atoms with E-state index in [1.807, 2.05) is 19.1 Å². The number of amides is 1. The van der Waals surface area contributed by atoms with Gasteiger partial charge in [-0.25, -0.2) is 14.4 Å². The molecule has 5 rings (SSSR count). The number of nitrogens with zero attached hydrogens (tertiary/aromatic N) is 3. The molecular weight excluding hydrogens is 507 g/mol. The fourth-order valence-corrected chi connectivity index (χ4v) is 4.60. The summed E-state index contributed by atoms with van der Waals surface area (Å²) >= 11 is 3.30. The molecule has 0 bridgehead atoms. The maximum atomic E-state index is 14.6. The molecule has 1 aliphatic carbocycles.